The van der Waals surface area contributed by atoms with E-state index in [0.717, 1.165) is 90.5 Å². The fourth-order valence-corrected chi connectivity index (χ4v) is 7.71. The second kappa shape index (κ2) is 19.2. The van der Waals surface area contributed by atoms with Crippen LogP contribution in [0.3, 0.4) is 0 Å². The number of para-hydroxylation sites is 4. The van der Waals surface area contributed by atoms with Gasteiger partial charge in [-0.1, -0.05) is 121 Å². The quantitative estimate of drug-likeness (QED) is 0.102. The van der Waals surface area contributed by atoms with Crippen LogP contribution in [0.1, 0.15) is 15.9 Å². The fraction of sp³-hybridized carbons (Fsp3) is 0. The lowest BCUT2D eigenvalue weighted by Crippen LogP contribution is -2.03. The van der Waals surface area contributed by atoms with Crippen molar-refractivity contribution in [2.45, 2.75) is 0 Å². The molecule has 0 spiro atoms. The summed E-state index contributed by atoms with van der Waals surface area (Å²) < 4.78 is 24.5. The summed E-state index contributed by atoms with van der Waals surface area (Å²) in [6.45, 7) is 0. The maximum absolute atomic E-state index is 15.1. The molecule has 5 nitrogen and oxygen atoms in total. The van der Waals surface area contributed by atoms with Gasteiger partial charge in [-0.2, -0.15) is 0 Å². The third-order valence-corrected chi connectivity index (χ3v) is 11.1. The standard InChI is InChI=1S/C61H42O5/c62-61(51-39-47(43-21-29-57(30-22-43)63-53-13-5-1-6-14-53)37-48(40-51)44-23-31-58(32-24-44)64-54-15-7-2-8-16-54)52-41-49(45-25-33-59(34-26-45)65-55-17-9-3-10-18-55)38-50(42-52)46-27-35-60(36-28-46)66-56-19-11-4-12-20-56/h1-42H. The van der Waals surface area contributed by atoms with Crippen LogP contribution in [0.4, 0.5) is 0 Å². The first-order valence-electron chi connectivity index (χ1n) is 21.7. The molecule has 0 saturated carbocycles. The number of ketones is 1. The number of carbonyl (C=O) groups excluding carboxylic acids is 1. The zero-order chi connectivity index (χ0) is 44.5. The monoisotopic (exact) mass is 854 g/mol. The van der Waals surface area contributed by atoms with E-state index >= 15 is 4.79 Å². The highest BCUT2D eigenvalue weighted by Gasteiger charge is 2.17. The predicted octanol–water partition coefficient (Wildman–Crippen LogP) is 16.8. The van der Waals surface area contributed by atoms with Gasteiger partial charge >= 0.3 is 0 Å². The normalized spacial score (nSPS) is 10.8. The Bertz CT molecular complexity index is 2760. The van der Waals surface area contributed by atoms with Crippen molar-refractivity contribution < 1.29 is 23.7 Å². The van der Waals surface area contributed by atoms with Crippen LogP contribution in [0.5, 0.6) is 46.0 Å². The molecule has 316 valence electrons. The van der Waals surface area contributed by atoms with Crippen molar-refractivity contribution in [3.63, 3.8) is 0 Å². The van der Waals surface area contributed by atoms with Gasteiger partial charge in [0.05, 0.1) is 0 Å². The highest BCUT2D eigenvalue weighted by Crippen LogP contribution is 2.36. The maximum atomic E-state index is 15.1. The van der Waals surface area contributed by atoms with Gasteiger partial charge in [-0.05, 0) is 178 Å². The van der Waals surface area contributed by atoms with Crippen LogP contribution in [-0.4, -0.2) is 5.78 Å². The Morgan fingerprint density at radius 1 is 0.212 bits per heavy atom. The molecule has 0 saturated heterocycles. The summed E-state index contributed by atoms with van der Waals surface area (Å²) >= 11 is 0. The number of carbonyl (C=O) groups is 1. The Balaban J connectivity index is 1.03. The van der Waals surface area contributed by atoms with E-state index in [0.29, 0.717) is 11.1 Å². The first-order valence-corrected chi connectivity index (χ1v) is 21.7. The second-order valence-electron chi connectivity index (χ2n) is 15.7. The van der Waals surface area contributed by atoms with Crippen LogP contribution in [0.25, 0.3) is 44.5 Å². The van der Waals surface area contributed by atoms with Crippen molar-refractivity contribution >= 4 is 5.78 Å². The number of ether oxygens (including phenoxy) is 4. The zero-order valence-corrected chi connectivity index (χ0v) is 35.8. The summed E-state index contributed by atoms with van der Waals surface area (Å²) in [7, 11) is 0. The van der Waals surface area contributed by atoms with E-state index in [9.17, 15) is 0 Å². The first kappa shape index (κ1) is 41.1. The van der Waals surface area contributed by atoms with Crippen molar-refractivity contribution in [1.29, 1.82) is 0 Å². The fourth-order valence-electron chi connectivity index (χ4n) is 7.71. The molecule has 0 heterocycles. The van der Waals surface area contributed by atoms with Gasteiger partial charge in [-0.15, -0.1) is 0 Å². The molecule has 66 heavy (non-hydrogen) atoms. The van der Waals surface area contributed by atoms with Crippen molar-refractivity contribution in [1.82, 2.24) is 0 Å². The molecule has 0 aliphatic carbocycles. The van der Waals surface area contributed by atoms with Crippen LogP contribution in [-0.2, 0) is 0 Å². The number of hydrogen-bond acceptors (Lipinski definition) is 5. The summed E-state index contributed by atoms with van der Waals surface area (Å²) in [5.74, 6) is 5.80. The SMILES string of the molecule is O=C(c1cc(-c2ccc(Oc3ccccc3)cc2)cc(-c2ccc(Oc3ccccc3)cc2)c1)c1cc(-c2ccc(Oc3ccccc3)cc2)cc(-c2ccc(Oc3ccccc3)cc2)c1. The molecule has 0 fully saturated rings. The number of benzene rings is 10. The summed E-state index contributed by atoms with van der Waals surface area (Å²) in [5, 5.41) is 0. The van der Waals surface area contributed by atoms with Gasteiger partial charge in [0, 0.05) is 11.1 Å². The molecule has 10 aromatic carbocycles. The van der Waals surface area contributed by atoms with Crippen molar-refractivity contribution in [2.24, 2.45) is 0 Å². The smallest absolute Gasteiger partial charge is 0.193 e. The summed E-state index contributed by atoms with van der Waals surface area (Å²) in [5.41, 5.74) is 8.46. The number of hydrogen-bond donors (Lipinski definition) is 0. The van der Waals surface area contributed by atoms with E-state index in [1.54, 1.807) is 0 Å². The molecule has 0 unspecified atom stereocenters. The van der Waals surface area contributed by atoms with Gasteiger partial charge in [0.2, 0.25) is 0 Å². The molecule has 0 aliphatic heterocycles. The third kappa shape index (κ3) is 9.97. The van der Waals surface area contributed by atoms with Crippen LogP contribution in [0, 0.1) is 0 Å². The summed E-state index contributed by atoms with van der Waals surface area (Å²) in [6, 6.07) is 82.8. The van der Waals surface area contributed by atoms with Gasteiger partial charge in [0.15, 0.2) is 5.78 Å². The number of rotatable bonds is 14. The lowest BCUT2D eigenvalue weighted by Gasteiger charge is -2.14. The maximum Gasteiger partial charge on any atom is 0.193 e. The zero-order valence-electron chi connectivity index (χ0n) is 35.8. The molecule has 0 radical (unpaired) electrons. The summed E-state index contributed by atoms with van der Waals surface area (Å²) in [4.78, 5) is 15.1. The summed E-state index contributed by atoms with van der Waals surface area (Å²) in [6.07, 6.45) is 0. The molecule has 0 bridgehead atoms. The molecule has 10 rings (SSSR count). The molecule has 0 aliphatic rings. The van der Waals surface area contributed by atoms with Gasteiger partial charge in [-0.25, -0.2) is 0 Å². The molecular formula is C61H42O5. The van der Waals surface area contributed by atoms with E-state index in [-0.39, 0.29) is 5.78 Å². The van der Waals surface area contributed by atoms with E-state index < -0.39 is 0 Å². The molecular weight excluding hydrogens is 813 g/mol. The van der Waals surface area contributed by atoms with E-state index in [4.69, 9.17) is 18.9 Å². The van der Waals surface area contributed by atoms with Gasteiger partial charge in [-0.3, -0.25) is 4.79 Å². The highest BCUT2D eigenvalue weighted by atomic mass is 16.5. The average molecular weight is 855 g/mol. The minimum atomic E-state index is -0.109. The molecule has 0 N–H and O–H groups in total. The average Bonchev–Trinajstić information content (AvgIpc) is 3.38. The van der Waals surface area contributed by atoms with Crippen molar-refractivity contribution in [2.75, 3.05) is 0 Å². The molecule has 0 aromatic heterocycles. The molecule has 10 aromatic rings. The van der Waals surface area contributed by atoms with Crippen LogP contribution >= 0.6 is 0 Å². The van der Waals surface area contributed by atoms with Crippen molar-refractivity contribution in [3.05, 3.63) is 266 Å². The van der Waals surface area contributed by atoms with E-state index in [1.807, 2.05) is 243 Å². The highest BCUT2D eigenvalue weighted by molar-refractivity contribution is 6.11. The Hall–Kier alpha value is -8.93. The molecule has 0 atom stereocenters. The lowest BCUT2D eigenvalue weighted by molar-refractivity contribution is 0.103. The van der Waals surface area contributed by atoms with E-state index in [2.05, 4.69) is 12.1 Å². The minimum Gasteiger partial charge on any atom is -0.457 e. The largest absolute Gasteiger partial charge is 0.457 e. The minimum absolute atomic E-state index is 0.109. The van der Waals surface area contributed by atoms with Crippen LogP contribution in [0.15, 0.2) is 255 Å². The van der Waals surface area contributed by atoms with Crippen molar-refractivity contribution in [3.8, 4) is 90.5 Å². The van der Waals surface area contributed by atoms with Gasteiger partial charge < -0.3 is 18.9 Å². The third-order valence-electron chi connectivity index (χ3n) is 11.1. The topological polar surface area (TPSA) is 54.0 Å². The Morgan fingerprint density at radius 3 is 0.621 bits per heavy atom. The van der Waals surface area contributed by atoms with Crippen LogP contribution < -0.4 is 18.9 Å². The lowest BCUT2D eigenvalue weighted by atomic mass is 9.90. The predicted molar refractivity (Wildman–Crippen MR) is 264 cm³/mol. The molecule has 5 heteroatoms. The van der Waals surface area contributed by atoms with Gasteiger partial charge in [0.25, 0.3) is 0 Å². The van der Waals surface area contributed by atoms with Crippen LogP contribution in [0.2, 0.25) is 0 Å². The Kier molecular flexibility index (Phi) is 12.0. The van der Waals surface area contributed by atoms with Gasteiger partial charge in [0.1, 0.15) is 46.0 Å². The molecule has 0 amide bonds. The first-order chi connectivity index (χ1) is 32.5. The Labute approximate surface area is 384 Å². The Morgan fingerprint density at radius 2 is 0.409 bits per heavy atom. The van der Waals surface area contributed by atoms with E-state index in [1.165, 1.54) is 0 Å². The second-order valence-corrected chi connectivity index (χ2v) is 15.7.